The summed E-state index contributed by atoms with van der Waals surface area (Å²) in [6.07, 6.45) is 1.41. The van der Waals surface area contributed by atoms with Gasteiger partial charge >= 0.3 is 0 Å². The molecule has 0 saturated carbocycles. The predicted molar refractivity (Wildman–Crippen MR) is 110 cm³/mol. The van der Waals surface area contributed by atoms with E-state index < -0.39 is 0 Å². The van der Waals surface area contributed by atoms with E-state index >= 15 is 0 Å². The number of ether oxygens (including phenoxy) is 1. The Hall–Kier alpha value is -3.11. The van der Waals surface area contributed by atoms with Gasteiger partial charge in [0.2, 0.25) is 5.16 Å². The van der Waals surface area contributed by atoms with E-state index in [0.29, 0.717) is 17.3 Å². The van der Waals surface area contributed by atoms with Crippen molar-refractivity contribution < 1.29 is 14.6 Å². The third kappa shape index (κ3) is 5.46. The van der Waals surface area contributed by atoms with Crippen molar-refractivity contribution >= 4 is 35.5 Å². The highest BCUT2D eigenvalue weighted by Gasteiger charge is 2.11. The molecule has 0 atom stereocenters. The molecule has 0 aliphatic heterocycles. The zero-order chi connectivity index (χ0) is 20.6. The molecule has 9 nitrogen and oxygen atoms in total. The van der Waals surface area contributed by atoms with Gasteiger partial charge in [-0.2, -0.15) is 9.78 Å². The molecule has 0 bridgehead atoms. The van der Waals surface area contributed by atoms with Crippen molar-refractivity contribution in [3.8, 4) is 17.2 Å². The van der Waals surface area contributed by atoms with Gasteiger partial charge in [0, 0.05) is 0 Å². The maximum absolute atomic E-state index is 12.1. The molecule has 0 fully saturated rings. The third-order valence-electron chi connectivity index (χ3n) is 3.53. The average molecular weight is 433 g/mol. The number of tetrazole rings is 1. The minimum absolute atomic E-state index is 0.0745. The number of thioether (sulfide) groups is 1. The Labute approximate surface area is 175 Å². The van der Waals surface area contributed by atoms with E-state index in [2.05, 4.69) is 26.1 Å². The van der Waals surface area contributed by atoms with Gasteiger partial charge in [-0.1, -0.05) is 41.6 Å². The molecule has 0 spiro atoms. The molecule has 150 valence electrons. The molecule has 0 saturated heterocycles. The molecule has 0 unspecified atom stereocenters. The van der Waals surface area contributed by atoms with Crippen LogP contribution in [0.25, 0.3) is 5.69 Å². The monoisotopic (exact) mass is 432 g/mol. The summed E-state index contributed by atoms with van der Waals surface area (Å²) in [5, 5.41) is 25.9. The number of nitrogens with zero attached hydrogens (tertiary/aromatic N) is 5. The molecule has 1 aromatic heterocycles. The maximum atomic E-state index is 12.1. The smallest absolute Gasteiger partial charge is 0.250 e. The highest BCUT2D eigenvalue weighted by atomic mass is 35.5. The van der Waals surface area contributed by atoms with Gasteiger partial charge in [-0.3, -0.25) is 4.79 Å². The van der Waals surface area contributed by atoms with E-state index in [1.54, 1.807) is 17.7 Å². The van der Waals surface area contributed by atoms with Crippen LogP contribution in [0.2, 0.25) is 5.02 Å². The van der Waals surface area contributed by atoms with Crippen molar-refractivity contribution in [2.24, 2.45) is 5.10 Å². The number of hydrogen-bond donors (Lipinski definition) is 2. The Morgan fingerprint density at radius 2 is 2.17 bits per heavy atom. The van der Waals surface area contributed by atoms with Crippen LogP contribution in [-0.4, -0.2) is 49.8 Å². The van der Waals surface area contributed by atoms with Crippen LogP contribution in [0.4, 0.5) is 0 Å². The molecular weight excluding hydrogens is 416 g/mol. The highest BCUT2D eigenvalue weighted by molar-refractivity contribution is 7.99. The molecular formula is C18H17ClN6O3S. The first-order valence-corrected chi connectivity index (χ1v) is 9.88. The number of phenolic OH excluding ortho intramolecular Hbond substituents is 1. The number of carbonyl (C=O) groups excluding carboxylic acids is 1. The number of nitrogens with one attached hydrogen (secondary N) is 1. The molecule has 2 N–H and O–H groups in total. The van der Waals surface area contributed by atoms with Gasteiger partial charge in [0.25, 0.3) is 5.91 Å². The Balaban J connectivity index is 1.57. The zero-order valence-corrected chi connectivity index (χ0v) is 16.9. The van der Waals surface area contributed by atoms with Crippen LogP contribution in [-0.2, 0) is 4.79 Å². The highest BCUT2D eigenvalue weighted by Crippen LogP contribution is 2.34. The second-order valence-electron chi connectivity index (χ2n) is 5.57. The molecule has 3 aromatic rings. The average Bonchev–Trinajstić information content (AvgIpc) is 3.19. The largest absolute Gasteiger partial charge is 0.503 e. The summed E-state index contributed by atoms with van der Waals surface area (Å²) in [5.74, 6) is -0.146. The molecule has 1 heterocycles. The summed E-state index contributed by atoms with van der Waals surface area (Å²) in [6.45, 7) is 2.17. The van der Waals surface area contributed by atoms with E-state index in [9.17, 15) is 9.90 Å². The lowest BCUT2D eigenvalue weighted by molar-refractivity contribution is -0.118. The first-order valence-electron chi connectivity index (χ1n) is 8.52. The van der Waals surface area contributed by atoms with E-state index in [-0.39, 0.29) is 28.2 Å². The number of carbonyl (C=O) groups is 1. The number of aromatic hydroxyl groups is 1. The van der Waals surface area contributed by atoms with Gasteiger partial charge in [-0.25, -0.2) is 5.43 Å². The van der Waals surface area contributed by atoms with Crippen molar-refractivity contribution in [1.82, 2.24) is 25.6 Å². The van der Waals surface area contributed by atoms with Crippen LogP contribution in [0, 0.1) is 0 Å². The van der Waals surface area contributed by atoms with Gasteiger partial charge < -0.3 is 9.84 Å². The third-order valence-corrected chi connectivity index (χ3v) is 4.73. The van der Waals surface area contributed by atoms with Crippen molar-refractivity contribution in [3.63, 3.8) is 0 Å². The number of aromatic nitrogens is 4. The quantitative estimate of drug-likeness (QED) is 0.319. The minimum Gasteiger partial charge on any atom is -0.503 e. The van der Waals surface area contributed by atoms with Gasteiger partial charge in [0.1, 0.15) is 0 Å². The second-order valence-corrected chi connectivity index (χ2v) is 6.92. The first-order chi connectivity index (χ1) is 14.1. The van der Waals surface area contributed by atoms with Crippen LogP contribution in [0.15, 0.2) is 52.7 Å². The minimum atomic E-state index is -0.330. The fraction of sp³-hybridized carbons (Fsp3) is 0.167. The summed E-state index contributed by atoms with van der Waals surface area (Å²) in [5.41, 5.74) is 3.79. The van der Waals surface area contributed by atoms with E-state index in [1.165, 1.54) is 24.0 Å². The van der Waals surface area contributed by atoms with E-state index in [4.69, 9.17) is 16.3 Å². The number of para-hydroxylation sites is 1. The molecule has 29 heavy (non-hydrogen) atoms. The fourth-order valence-corrected chi connectivity index (χ4v) is 3.18. The van der Waals surface area contributed by atoms with Gasteiger partial charge in [0.05, 0.1) is 29.3 Å². The maximum Gasteiger partial charge on any atom is 0.250 e. The predicted octanol–water partition coefficient (Wildman–Crippen LogP) is 2.66. The summed E-state index contributed by atoms with van der Waals surface area (Å²) in [6, 6.07) is 12.5. The van der Waals surface area contributed by atoms with Crippen molar-refractivity contribution in [3.05, 3.63) is 53.1 Å². The summed E-state index contributed by atoms with van der Waals surface area (Å²) in [7, 11) is 0. The number of rotatable bonds is 8. The summed E-state index contributed by atoms with van der Waals surface area (Å²) in [4.78, 5) is 12.1. The van der Waals surface area contributed by atoms with Crippen LogP contribution in [0.3, 0.4) is 0 Å². The molecule has 0 radical (unpaired) electrons. The molecule has 2 aromatic carbocycles. The normalized spacial score (nSPS) is 11.0. The van der Waals surface area contributed by atoms with Crippen LogP contribution in [0.1, 0.15) is 12.5 Å². The SMILES string of the molecule is CCOc1cc(/C=N\NC(=O)CSc2nnnn2-c2ccccc2)cc(Cl)c1O. The number of benzene rings is 2. The Kier molecular flexibility index (Phi) is 7.04. The number of hydrazone groups is 1. The zero-order valence-electron chi connectivity index (χ0n) is 15.3. The Bertz CT molecular complexity index is 1010. The lowest BCUT2D eigenvalue weighted by Gasteiger charge is -2.08. The number of phenols is 1. The molecule has 0 aliphatic rings. The van der Waals surface area contributed by atoms with E-state index in [0.717, 1.165) is 5.69 Å². The number of hydrogen-bond acceptors (Lipinski definition) is 8. The topological polar surface area (TPSA) is 115 Å². The lowest BCUT2D eigenvalue weighted by atomic mass is 10.2. The summed E-state index contributed by atoms with van der Waals surface area (Å²) < 4.78 is 6.86. The second kappa shape index (κ2) is 9.89. The lowest BCUT2D eigenvalue weighted by Crippen LogP contribution is -2.20. The van der Waals surface area contributed by atoms with Gasteiger partial charge in [-0.05, 0) is 47.2 Å². The van der Waals surface area contributed by atoms with E-state index in [1.807, 2.05) is 30.3 Å². The first kappa shape index (κ1) is 20.6. The fourth-order valence-electron chi connectivity index (χ4n) is 2.28. The molecule has 3 rings (SSSR count). The van der Waals surface area contributed by atoms with Crippen molar-refractivity contribution in [2.75, 3.05) is 12.4 Å². The molecule has 0 aliphatic carbocycles. The number of amides is 1. The standard InChI is InChI=1S/C18H17ClN6O3S/c1-2-28-15-9-12(8-14(19)17(15)27)10-20-21-16(26)11-29-18-22-23-24-25(18)13-6-4-3-5-7-13/h3-10,27H,2,11H2,1H3,(H,21,26)/b20-10-. The van der Waals surface area contributed by atoms with Gasteiger partial charge in [0.15, 0.2) is 11.5 Å². The number of halogens is 1. The van der Waals surface area contributed by atoms with Crippen molar-refractivity contribution in [1.29, 1.82) is 0 Å². The van der Waals surface area contributed by atoms with Crippen molar-refractivity contribution in [2.45, 2.75) is 12.1 Å². The van der Waals surface area contributed by atoms with Gasteiger partial charge in [-0.15, -0.1) is 5.10 Å². The molecule has 1 amide bonds. The molecule has 11 heteroatoms. The Morgan fingerprint density at radius 3 is 2.93 bits per heavy atom. The summed E-state index contributed by atoms with van der Waals surface area (Å²) >= 11 is 7.15. The van der Waals surface area contributed by atoms with Crippen LogP contribution in [0.5, 0.6) is 11.5 Å². The Morgan fingerprint density at radius 1 is 1.38 bits per heavy atom. The van der Waals surface area contributed by atoms with Crippen LogP contribution < -0.4 is 10.2 Å². The van der Waals surface area contributed by atoms with Crippen LogP contribution >= 0.6 is 23.4 Å².